The van der Waals surface area contributed by atoms with E-state index in [1.807, 2.05) is 49.4 Å². The van der Waals surface area contributed by atoms with Gasteiger partial charge in [0.2, 0.25) is 0 Å². The third-order valence-corrected chi connectivity index (χ3v) is 4.16. The Hall–Kier alpha value is -2.82. The first kappa shape index (κ1) is 15.1. The van der Waals surface area contributed by atoms with Crippen LogP contribution in [-0.2, 0) is 9.53 Å². The lowest BCUT2D eigenvalue weighted by molar-refractivity contribution is -0.140. The summed E-state index contributed by atoms with van der Waals surface area (Å²) in [5, 5.41) is 7.54. The molecule has 1 heterocycles. The fourth-order valence-corrected chi connectivity index (χ4v) is 3.05. The molecule has 0 radical (unpaired) electrons. The summed E-state index contributed by atoms with van der Waals surface area (Å²) < 4.78 is 4.83. The molecule has 0 fully saturated rings. The van der Waals surface area contributed by atoms with E-state index in [-0.39, 0.29) is 23.9 Å². The van der Waals surface area contributed by atoms with Crippen LogP contribution < -0.4 is 5.56 Å². The van der Waals surface area contributed by atoms with E-state index in [1.165, 1.54) is 7.11 Å². The molecule has 0 bridgehead atoms. The standard InChI is InChI=1S/C18H18N2O3/c1-11-17(18(22)20-19-11)15(10-16(21)23-2)14-9-5-7-12-6-3-4-8-13(12)14/h3-9,15H,10H2,1-2H3,(H2,19,20,22)/t15-/m1/s1. The van der Waals surface area contributed by atoms with Crippen molar-refractivity contribution in [2.45, 2.75) is 19.3 Å². The molecule has 118 valence electrons. The van der Waals surface area contributed by atoms with Crippen LogP contribution in [-0.4, -0.2) is 23.3 Å². The molecule has 0 saturated carbocycles. The minimum atomic E-state index is -0.358. The Kier molecular flexibility index (Phi) is 4.02. The first-order chi connectivity index (χ1) is 11.1. The van der Waals surface area contributed by atoms with E-state index in [1.54, 1.807) is 0 Å². The number of carbonyl (C=O) groups excluding carboxylic acids is 1. The van der Waals surface area contributed by atoms with Crippen molar-refractivity contribution in [2.24, 2.45) is 0 Å². The number of ether oxygens (including phenoxy) is 1. The Bertz CT molecular complexity index is 903. The Morgan fingerprint density at radius 2 is 1.87 bits per heavy atom. The van der Waals surface area contributed by atoms with Crippen molar-refractivity contribution in [1.82, 2.24) is 10.2 Å². The van der Waals surface area contributed by atoms with Gasteiger partial charge in [0.25, 0.3) is 5.56 Å². The van der Waals surface area contributed by atoms with E-state index < -0.39 is 0 Å². The number of esters is 1. The number of fused-ring (bicyclic) bond motifs is 1. The number of nitrogens with one attached hydrogen (secondary N) is 2. The van der Waals surface area contributed by atoms with Gasteiger partial charge in [-0.05, 0) is 23.3 Å². The predicted octanol–water partition coefficient (Wildman–Crippen LogP) is 2.86. The summed E-state index contributed by atoms with van der Waals surface area (Å²) in [7, 11) is 1.36. The lowest BCUT2D eigenvalue weighted by Crippen LogP contribution is -2.17. The summed E-state index contributed by atoms with van der Waals surface area (Å²) in [6.07, 6.45) is 0.117. The van der Waals surface area contributed by atoms with Crippen molar-refractivity contribution in [3.63, 3.8) is 0 Å². The summed E-state index contributed by atoms with van der Waals surface area (Å²) in [5.41, 5.74) is 2.05. The SMILES string of the molecule is COC(=O)C[C@@H](c1c(C)[nH][nH]c1=O)c1cccc2ccccc12. The molecule has 0 unspecified atom stereocenters. The monoisotopic (exact) mass is 310 g/mol. The molecule has 1 aromatic heterocycles. The molecular weight excluding hydrogens is 292 g/mol. The van der Waals surface area contributed by atoms with Crippen LogP contribution in [0.4, 0.5) is 0 Å². The zero-order valence-corrected chi connectivity index (χ0v) is 13.1. The highest BCUT2D eigenvalue weighted by molar-refractivity contribution is 5.87. The van der Waals surface area contributed by atoms with Gasteiger partial charge in [-0.25, -0.2) is 0 Å². The van der Waals surface area contributed by atoms with Crippen LogP contribution in [0.25, 0.3) is 10.8 Å². The molecule has 0 aliphatic heterocycles. The quantitative estimate of drug-likeness (QED) is 0.728. The highest BCUT2D eigenvalue weighted by Gasteiger charge is 2.25. The van der Waals surface area contributed by atoms with Gasteiger partial charge >= 0.3 is 5.97 Å². The number of hydrogen-bond donors (Lipinski definition) is 2. The number of rotatable bonds is 4. The van der Waals surface area contributed by atoms with Crippen LogP contribution in [0.15, 0.2) is 47.3 Å². The lowest BCUT2D eigenvalue weighted by atomic mass is 9.85. The van der Waals surface area contributed by atoms with E-state index in [0.29, 0.717) is 5.56 Å². The molecule has 2 aromatic carbocycles. The zero-order valence-electron chi connectivity index (χ0n) is 13.1. The Balaban J connectivity index is 2.22. The summed E-state index contributed by atoms with van der Waals surface area (Å²) in [4.78, 5) is 24.1. The summed E-state index contributed by atoms with van der Waals surface area (Å²) in [6, 6.07) is 13.9. The zero-order chi connectivity index (χ0) is 16.4. The van der Waals surface area contributed by atoms with Crippen LogP contribution in [0.5, 0.6) is 0 Å². The summed E-state index contributed by atoms with van der Waals surface area (Å²) in [6.45, 7) is 1.82. The molecule has 3 aromatic rings. The minimum absolute atomic E-state index is 0.117. The van der Waals surface area contributed by atoms with Gasteiger partial charge in [0.1, 0.15) is 0 Å². The third kappa shape index (κ3) is 2.77. The molecule has 1 atom stereocenters. The van der Waals surface area contributed by atoms with Crippen molar-refractivity contribution >= 4 is 16.7 Å². The van der Waals surface area contributed by atoms with E-state index in [9.17, 15) is 9.59 Å². The fourth-order valence-electron chi connectivity index (χ4n) is 3.05. The number of carbonyl (C=O) groups is 1. The molecule has 23 heavy (non-hydrogen) atoms. The van der Waals surface area contributed by atoms with Crippen molar-refractivity contribution in [3.8, 4) is 0 Å². The molecule has 0 aliphatic carbocycles. The van der Waals surface area contributed by atoms with Crippen molar-refractivity contribution < 1.29 is 9.53 Å². The van der Waals surface area contributed by atoms with Gasteiger partial charge < -0.3 is 9.84 Å². The van der Waals surface area contributed by atoms with Gasteiger partial charge in [-0.1, -0.05) is 42.5 Å². The minimum Gasteiger partial charge on any atom is -0.469 e. The third-order valence-electron chi connectivity index (χ3n) is 4.16. The number of aryl methyl sites for hydroxylation is 1. The highest BCUT2D eigenvalue weighted by Crippen LogP contribution is 2.33. The first-order valence-electron chi connectivity index (χ1n) is 7.43. The van der Waals surface area contributed by atoms with Crippen molar-refractivity contribution in [2.75, 3.05) is 7.11 Å². The van der Waals surface area contributed by atoms with Crippen LogP contribution >= 0.6 is 0 Å². The maximum atomic E-state index is 12.2. The number of benzene rings is 2. The van der Waals surface area contributed by atoms with E-state index in [2.05, 4.69) is 10.2 Å². The normalized spacial score (nSPS) is 12.3. The Labute approximate surface area is 133 Å². The van der Waals surface area contributed by atoms with Crippen LogP contribution in [0.3, 0.4) is 0 Å². The largest absolute Gasteiger partial charge is 0.469 e. The lowest BCUT2D eigenvalue weighted by Gasteiger charge is -2.17. The maximum Gasteiger partial charge on any atom is 0.306 e. The average molecular weight is 310 g/mol. The second-order valence-electron chi connectivity index (χ2n) is 5.52. The maximum absolute atomic E-state index is 12.2. The number of methoxy groups -OCH3 is 1. The van der Waals surface area contributed by atoms with Crippen LogP contribution in [0.2, 0.25) is 0 Å². The molecule has 0 aliphatic rings. The molecule has 2 N–H and O–H groups in total. The number of H-pyrrole nitrogens is 2. The van der Waals surface area contributed by atoms with E-state index in [4.69, 9.17) is 4.74 Å². The smallest absolute Gasteiger partial charge is 0.306 e. The van der Waals surface area contributed by atoms with Gasteiger partial charge in [0, 0.05) is 17.2 Å². The molecule has 3 rings (SSSR count). The second kappa shape index (κ2) is 6.12. The van der Waals surface area contributed by atoms with E-state index >= 15 is 0 Å². The summed E-state index contributed by atoms with van der Waals surface area (Å²) in [5.74, 6) is -0.702. The van der Waals surface area contributed by atoms with Gasteiger partial charge in [0.15, 0.2) is 0 Å². The van der Waals surface area contributed by atoms with Gasteiger partial charge in [0.05, 0.1) is 13.5 Å². The van der Waals surface area contributed by atoms with Gasteiger partial charge in [-0.2, -0.15) is 0 Å². The predicted molar refractivity (Wildman–Crippen MR) is 88.6 cm³/mol. The first-order valence-corrected chi connectivity index (χ1v) is 7.43. The highest BCUT2D eigenvalue weighted by atomic mass is 16.5. The topological polar surface area (TPSA) is 75.0 Å². The molecule has 0 amide bonds. The Morgan fingerprint density at radius 1 is 1.13 bits per heavy atom. The molecule has 5 nitrogen and oxygen atoms in total. The second-order valence-corrected chi connectivity index (χ2v) is 5.52. The van der Waals surface area contributed by atoms with Crippen molar-refractivity contribution in [3.05, 3.63) is 69.6 Å². The molecule has 0 spiro atoms. The number of aromatic nitrogens is 2. The molecular formula is C18H18N2O3. The summed E-state index contributed by atoms with van der Waals surface area (Å²) >= 11 is 0. The van der Waals surface area contributed by atoms with E-state index in [0.717, 1.165) is 22.0 Å². The number of aromatic amines is 2. The molecule has 5 heteroatoms. The van der Waals surface area contributed by atoms with Gasteiger partial charge in [-0.15, -0.1) is 0 Å². The van der Waals surface area contributed by atoms with Crippen molar-refractivity contribution in [1.29, 1.82) is 0 Å². The Morgan fingerprint density at radius 3 is 2.57 bits per heavy atom. The van der Waals surface area contributed by atoms with Gasteiger partial charge in [-0.3, -0.25) is 14.7 Å². The van der Waals surface area contributed by atoms with Crippen LogP contribution in [0.1, 0.15) is 29.2 Å². The van der Waals surface area contributed by atoms with Crippen LogP contribution in [0, 0.1) is 6.92 Å². The fraction of sp³-hybridized carbons (Fsp3) is 0.222. The number of hydrogen-bond acceptors (Lipinski definition) is 3. The average Bonchev–Trinajstić information content (AvgIpc) is 2.91. The molecule has 0 saturated heterocycles.